The van der Waals surface area contributed by atoms with Crippen LogP contribution in [0.1, 0.15) is 21.5 Å². The number of amides is 1. The fourth-order valence-electron chi connectivity index (χ4n) is 1.90. The summed E-state index contributed by atoms with van der Waals surface area (Å²) in [6.45, 7) is 0. The zero-order valence-corrected chi connectivity index (χ0v) is 14.2. The van der Waals surface area contributed by atoms with E-state index in [-0.39, 0.29) is 16.7 Å². The Labute approximate surface area is 150 Å². The lowest BCUT2D eigenvalue weighted by Gasteiger charge is -2.15. The van der Waals surface area contributed by atoms with Crippen molar-refractivity contribution in [1.29, 1.82) is 0 Å². The van der Waals surface area contributed by atoms with E-state index in [1.165, 1.54) is 18.2 Å². The first kappa shape index (κ1) is 19.6. The first-order chi connectivity index (χ1) is 11.4. The first-order valence-electron chi connectivity index (χ1n) is 6.44. The van der Waals surface area contributed by atoms with Gasteiger partial charge in [-0.15, -0.1) is 0 Å². The second-order valence-corrected chi connectivity index (χ2v) is 6.20. The number of carbonyl (C=O) groups excluding carboxylic acids is 1. The standard InChI is InChI=1S/C15H7BrClF6NO/c16-9-1-2-12(17)11(6-9)13(25)24-10-4-7(14(18,19)20)3-8(5-10)15(21,22)23/h1-6H,(H,24,25). The van der Waals surface area contributed by atoms with Crippen LogP contribution in [0.25, 0.3) is 0 Å². The fourth-order valence-corrected chi connectivity index (χ4v) is 2.46. The van der Waals surface area contributed by atoms with Crippen LogP contribution in [0.3, 0.4) is 0 Å². The predicted octanol–water partition coefficient (Wildman–Crippen LogP) is 6.39. The van der Waals surface area contributed by atoms with Gasteiger partial charge in [-0.25, -0.2) is 0 Å². The number of rotatable bonds is 2. The van der Waals surface area contributed by atoms with Crippen molar-refractivity contribution in [3.63, 3.8) is 0 Å². The number of anilines is 1. The number of benzene rings is 2. The van der Waals surface area contributed by atoms with Gasteiger partial charge < -0.3 is 5.32 Å². The molecular weight excluding hydrogens is 440 g/mol. The Kier molecular flexibility index (Phi) is 5.38. The highest BCUT2D eigenvalue weighted by atomic mass is 79.9. The molecule has 2 rings (SSSR count). The Bertz CT molecular complexity index is 786. The number of hydrogen-bond donors (Lipinski definition) is 1. The van der Waals surface area contributed by atoms with Crippen LogP contribution in [-0.4, -0.2) is 5.91 Å². The normalized spacial score (nSPS) is 12.2. The summed E-state index contributed by atoms with van der Waals surface area (Å²) < 4.78 is 77.3. The van der Waals surface area contributed by atoms with Crippen molar-refractivity contribution in [3.05, 3.63) is 62.6 Å². The molecule has 0 radical (unpaired) electrons. The van der Waals surface area contributed by atoms with Crippen molar-refractivity contribution >= 4 is 39.1 Å². The molecule has 0 spiro atoms. The third-order valence-corrected chi connectivity index (χ3v) is 3.84. The molecule has 0 aliphatic heterocycles. The molecule has 0 aromatic heterocycles. The Hall–Kier alpha value is -1.74. The highest BCUT2D eigenvalue weighted by Gasteiger charge is 2.37. The molecule has 0 atom stereocenters. The van der Waals surface area contributed by atoms with Crippen molar-refractivity contribution in [3.8, 4) is 0 Å². The summed E-state index contributed by atoms with van der Waals surface area (Å²) in [5.41, 5.74) is -3.82. The number of alkyl halides is 6. The van der Waals surface area contributed by atoms with Crippen LogP contribution in [0.2, 0.25) is 5.02 Å². The molecule has 1 N–H and O–H groups in total. The average molecular weight is 447 g/mol. The number of carbonyl (C=O) groups is 1. The lowest BCUT2D eigenvalue weighted by molar-refractivity contribution is -0.143. The van der Waals surface area contributed by atoms with Gasteiger partial charge in [0.2, 0.25) is 0 Å². The fraction of sp³-hybridized carbons (Fsp3) is 0.133. The average Bonchev–Trinajstić information content (AvgIpc) is 2.47. The monoisotopic (exact) mass is 445 g/mol. The minimum Gasteiger partial charge on any atom is -0.322 e. The molecule has 0 aliphatic rings. The highest BCUT2D eigenvalue weighted by molar-refractivity contribution is 9.10. The van der Waals surface area contributed by atoms with E-state index in [1.807, 2.05) is 5.32 Å². The maximum Gasteiger partial charge on any atom is 0.416 e. The van der Waals surface area contributed by atoms with Crippen LogP contribution in [0.5, 0.6) is 0 Å². The van der Waals surface area contributed by atoms with E-state index in [9.17, 15) is 31.1 Å². The molecule has 1 amide bonds. The molecule has 10 heteroatoms. The molecule has 2 nitrogen and oxygen atoms in total. The van der Waals surface area contributed by atoms with E-state index in [2.05, 4.69) is 15.9 Å². The summed E-state index contributed by atoms with van der Waals surface area (Å²) in [7, 11) is 0. The molecule has 0 saturated heterocycles. The molecule has 0 heterocycles. The van der Waals surface area contributed by atoms with E-state index < -0.39 is 35.1 Å². The van der Waals surface area contributed by atoms with Crippen molar-refractivity contribution < 1.29 is 31.1 Å². The van der Waals surface area contributed by atoms with Gasteiger partial charge in [-0.1, -0.05) is 27.5 Å². The van der Waals surface area contributed by atoms with Crippen molar-refractivity contribution in [2.24, 2.45) is 0 Å². The van der Waals surface area contributed by atoms with Gasteiger partial charge in [0.05, 0.1) is 21.7 Å². The van der Waals surface area contributed by atoms with Crippen molar-refractivity contribution in [2.75, 3.05) is 5.32 Å². The smallest absolute Gasteiger partial charge is 0.322 e. The topological polar surface area (TPSA) is 29.1 Å². The van der Waals surface area contributed by atoms with Crippen LogP contribution >= 0.6 is 27.5 Å². The lowest BCUT2D eigenvalue weighted by Crippen LogP contribution is -2.16. The van der Waals surface area contributed by atoms with Crippen LogP contribution in [0.4, 0.5) is 32.0 Å². The van der Waals surface area contributed by atoms with E-state index in [0.29, 0.717) is 16.6 Å². The molecule has 0 bridgehead atoms. The Morgan fingerprint density at radius 1 is 0.920 bits per heavy atom. The summed E-state index contributed by atoms with van der Waals surface area (Å²) in [5.74, 6) is -0.946. The third-order valence-electron chi connectivity index (χ3n) is 3.02. The molecule has 0 unspecified atom stereocenters. The summed E-state index contributed by atoms with van der Waals surface area (Å²) in [6.07, 6.45) is -10.0. The summed E-state index contributed by atoms with van der Waals surface area (Å²) in [5, 5.41) is 2.00. The minimum absolute atomic E-state index is 0.0104. The van der Waals surface area contributed by atoms with Gasteiger partial charge in [0.15, 0.2) is 0 Å². The Morgan fingerprint density at radius 3 is 1.92 bits per heavy atom. The second-order valence-electron chi connectivity index (χ2n) is 4.87. The van der Waals surface area contributed by atoms with Gasteiger partial charge in [-0.3, -0.25) is 4.79 Å². The predicted molar refractivity (Wildman–Crippen MR) is 83.6 cm³/mol. The summed E-state index contributed by atoms with van der Waals surface area (Å²) >= 11 is 8.91. The molecule has 134 valence electrons. The van der Waals surface area contributed by atoms with Crippen LogP contribution in [-0.2, 0) is 12.4 Å². The van der Waals surface area contributed by atoms with Gasteiger partial charge in [0, 0.05) is 10.2 Å². The first-order valence-corrected chi connectivity index (χ1v) is 7.61. The second kappa shape index (κ2) is 6.87. The van der Waals surface area contributed by atoms with Crippen LogP contribution in [0.15, 0.2) is 40.9 Å². The minimum atomic E-state index is -5.01. The van der Waals surface area contributed by atoms with E-state index >= 15 is 0 Å². The highest BCUT2D eigenvalue weighted by Crippen LogP contribution is 2.37. The molecule has 25 heavy (non-hydrogen) atoms. The van der Waals surface area contributed by atoms with Crippen molar-refractivity contribution in [1.82, 2.24) is 0 Å². The maximum atomic E-state index is 12.8. The number of halogens is 8. The molecule has 0 fully saturated rings. The van der Waals surface area contributed by atoms with Crippen molar-refractivity contribution in [2.45, 2.75) is 12.4 Å². The van der Waals surface area contributed by atoms with Gasteiger partial charge in [0.1, 0.15) is 0 Å². The largest absolute Gasteiger partial charge is 0.416 e. The lowest BCUT2D eigenvalue weighted by atomic mass is 10.1. The summed E-state index contributed by atoms with van der Waals surface area (Å²) in [6, 6.07) is 4.97. The van der Waals surface area contributed by atoms with Crippen LogP contribution in [0, 0.1) is 0 Å². The van der Waals surface area contributed by atoms with Gasteiger partial charge in [-0.05, 0) is 36.4 Å². The third kappa shape index (κ3) is 4.88. The van der Waals surface area contributed by atoms with Gasteiger partial charge in [-0.2, -0.15) is 26.3 Å². The molecular formula is C15H7BrClF6NO. The van der Waals surface area contributed by atoms with Gasteiger partial charge >= 0.3 is 12.4 Å². The Morgan fingerprint density at radius 2 is 1.44 bits per heavy atom. The summed E-state index contributed by atoms with van der Waals surface area (Å²) in [4.78, 5) is 12.1. The number of nitrogens with one attached hydrogen (secondary N) is 1. The van der Waals surface area contributed by atoms with E-state index in [1.54, 1.807) is 0 Å². The SMILES string of the molecule is O=C(Nc1cc(C(F)(F)F)cc(C(F)(F)F)c1)c1cc(Br)ccc1Cl. The van der Waals surface area contributed by atoms with E-state index in [4.69, 9.17) is 11.6 Å². The zero-order chi connectivity index (χ0) is 19.0. The zero-order valence-electron chi connectivity index (χ0n) is 11.9. The molecule has 2 aromatic rings. The molecule has 2 aromatic carbocycles. The van der Waals surface area contributed by atoms with E-state index in [0.717, 1.165) is 0 Å². The quantitative estimate of drug-likeness (QED) is 0.532. The molecule has 0 saturated carbocycles. The maximum absolute atomic E-state index is 12.8. The van der Waals surface area contributed by atoms with Crippen LogP contribution < -0.4 is 5.32 Å². The Balaban J connectivity index is 2.45. The van der Waals surface area contributed by atoms with Gasteiger partial charge in [0.25, 0.3) is 5.91 Å². The molecule has 0 aliphatic carbocycles. The number of hydrogen-bond acceptors (Lipinski definition) is 1.